The van der Waals surface area contributed by atoms with Crippen molar-refractivity contribution < 1.29 is 4.74 Å². The zero-order valence-electron chi connectivity index (χ0n) is 5.77. The van der Waals surface area contributed by atoms with Crippen LogP contribution in [0.5, 0.6) is 0 Å². The fraction of sp³-hybridized carbons (Fsp3) is 1.00. The Morgan fingerprint density at radius 3 is 2.67 bits per heavy atom. The second-order valence-corrected chi connectivity index (χ2v) is 3.35. The van der Waals surface area contributed by atoms with Crippen molar-refractivity contribution >= 4 is 15.9 Å². The average Bonchev–Trinajstić information content (AvgIpc) is 2.64. The Labute approximate surface area is 64.9 Å². The van der Waals surface area contributed by atoms with Crippen LogP contribution in [0.25, 0.3) is 0 Å². The highest BCUT2D eigenvalue weighted by molar-refractivity contribution is 9.09. The fourth-order valence-corrected chi connectivity index (χ4v) is 1.80. The summed E-state index contributed by atoms with van der Waals surface area (Å²) in [5.74, 6) is 1.74. The lowest BCUT2D eigenvalue weighted by Crippen LogP contribution is -2.11. The molecule has 1 atom stereocenters. The van der Waals surface area contributed by atoms with Gasteiger partial charge in [-0.25, -0.2) is 0 Å². The molecule has 0 amide bonds. The second kappa shape index (κ2) is 3.57. The van der Waals surface area contributed by atoms with E-state index in [1.165, 1.54) is 12.8 Å². The molecular formula is C7H13BrO. The lowest BCUT2D eigenvalue weighted by Gasteiger charge is -2.09. The Morgan fingerprint density at radius 1 is 1.67 bits per heavy atom. The largest absolute Gasteiger partial charge is 0.384 e. The van der Waals surface area contributed by atoms with Crippen molar-refractivity contribution in [1.82, 2.24) is 0 Å². The molecule has 0 aromatic carbocycles. The van der Waals surface area contributed by atoms with Crippen LogP contribution in [0.3, 0.4) is 0 Å². The van der Waals surface area contributed by atoms with Gasteiger partial charge >= 0.3 is 0 Å². The monoisotopic (exact) mass is 192 g/mol. The Hall–Kier alpha value is 0.440. The predicted octanol–water partition coefficient (Wildman–Crippen LogP) is 2.05. The molecule has 1 saturated carbocycles. The van der Waals surface area contributed by atoms with Crippen LogP contribution < -0.4 is 0 Å². The predicted molar refractivity (Wildman–Crippen MR) is 41.9 cm³/mol. The first-order valence-electron chi connectivity index (χ1n) is 3.43. The molecule has 1 unspecified atom stereocenters. The molecule has 0 spiro atoms. The highest BCUT2D eigenvalue weighted by atomic mass is 79.9. The van der Waals surface area contributed by atoms with Crippen LogP contribution in [0.1, 0.15) is 12.8 Å². The van der Waals surface area contributed by atoms with Gasteiger partial charge in [0.05, 0.1) is 6.61 Å². The molecule has 54 valence electrons. The van der Waals surface area contributed by atoms with Gasteiger partial charge < -0.3 is 4.74 Å². The van der Waals surface area contributed by atoms with Crippen molar-refractivity contribution in [3.05, 3.63) is 0 Å². The maximum absolute atomic E-state index is 5.07. The standard InChI is InChI=1S/C7H13BrO/c1-9-5-7(4-8)6-2-3-6/h6-7H,2-5H2,1H3. The third-order valence-electron chi connectivity index (χ3n) is 1.87. The molecule has 0 N–H and O–H groups in total. The van der Waals surface area contributed by atoms with Gasteiger partial charge in [0.2, 0.25) is 0 Å². The first kappa shape index (κ1) is 7.55. The van der Waals surface area contributed by atoms with Gasteiger partial charge in [-0.3, -0.25) is 0 Å². The lowest BCUT2D eigenvalue weighted by atomic mass is 10.1. The number of halogens is 1. The van der Waals surface area contributed by atoms with Crippen LogP contribution in [0.4, 0.5) is 0 Å². The van der Waals surface area contributed by atoms with Gasteiger partial charge in [0.25, 0.3) is 0 Å². The first-order valence-corrected chi connectivity index (χ1v) is 4.55. The number of rotatable bonds is 4. The molecule has 1 rings (SSSR count). The van der Waals surface area contributed by atoms with Crippen LogP contribution >= 0.6 is 15.9 Å². The number of hydrogen-bond acceptors (Lipinski definition) is 1. The van der Waals surface area contributed by atoms with E-state index >= 15 is 0 Å². The van der Waals surface area contributed by atoms with E-state index in [0.29, 0.717) is 0 Å². The van der Waals surface area contributed by atoms with E-state index in [1.54, 1.807) is 7.11 Å². The van der Waals surface area contributed by atoms with Gasteiger partial charge in [-0.1, -0.05) is 15.9 Å². The Kier molecular flexibility index (Phi) is 2.99. The molecule has 0 radical (unpaired) electrons. The molecule has 0 bridgehead atoms. The summed E-state index contributed by atoms with van der Waals surface area (Å²) in [6, 6.07) is 0. The maximum atomic E-state index is 5.07. The summed E-state index contributed by atoms with van der Waals surface area (Å²) in [5.41, 5.74) is 0. The SMILES string of the molecule is COCC(CBr)C1CC1. The van der Waals surface area contributed by atoms with E-state index in [9.17, 15) is 0 Å². The van der Waals surface area contributed by atoms with E-state index in [2.05, 4.69) is 15.9 Å². The Bertz CT molecular complexity index is 81.0. The quantitative estimate of drug-likeness (QED) is 0.621. The molecule has 1 aliphatic carbocycles. The molecular weight excluding hydrogens is 180 g/mol. The Balaban J connectivity index is 2.12. The van der Waals surface area contributed by atoms with Crippen LogP contribution in [0.15, 0.2) is 0 Å². The van der Waals surface area contributed by atoms with Gasteiger partial charge in [0, 0.05) is 12.4 Å². The van der Waals surface area contributed by atoms with Gasteiger partial charge in [-0.2, -0.15) is 0 Å². The molecule has 0 aromatic rings. The highest BCUT2D eigenvalue weighted by Gasteiger charge is 2.29. The number of hydrogen-bond donors (Lipinski definition) is 0. The number of methoxy groups -OCH3 is 1. The third kappa shape index (κ3) is 2.26. The highest BCUT2D eigenvalue weighted by Crippen LogP contribution is 2.37. The summed E-state index contributed by atoms with van der Waals surface area (Å²) in [5, 5.41) is 1.10. The summed E-state index contributed by atoms with van der Waals surface area (Å²) in [6.45, 7) is 0.927. The van der Waals surface area contributed by atoms with Crippen molar-refractivity contribution in [3.63, 3.8) is 0 Å². The Morgan fingerprint density at radius 2 is 2.33 bits per heavy atom. The van der Waals surface area contributed by atoms with E-state index in [4.69, 9.17) is 4.74 Å². The van der Waals surface area contributed by atoms with Crippen LogP contribution in [-0.4, -0.2) is 19.0 Å². The van der Waals surface area contributed by atoms with Crippen LogP contribution in [0.2, 0.25) is 0 Å². The first-order chi connectivity index (χ1) is 4.38. The van der Waals surface area contributed by atoms with Crippen molar-refractivity contribution in [3.8, 4) is 0 Å². The molecule has 1 nitrogen and oxygen atoms in total. The van der Waals surface area contributed by atoms with Gasteiger partial charge in [-0.15, -0.1) is 0 Å². The molecule has 9 heavy (non-hydrogen) atoms. The fourth-order valence-electron chi connectivity index (χ4n) is 1.09. The molecule has 0 aliphatic heterocycles. The van der Waals surface area contributed by atoms with Gasteiger partial charge in [0.1, 0.15) is 0 Å². The van der Waals surface area contributed by atoms with E-state index in [0.717, 1.165) is 23.8 Å². The zero-order valence-corrected chi connectivity index (χ0v) is 7.36. The average molecular weight is 193 g/mol. The maximum Gasteiger partial charge on any atom is 0.0501 e. The lowest BCUT2D eigenvalue weighted by molar-refractivity contribution is 0.153. The van der Waals surface area contributed by atoms with Crippen LogP contribution in [0, 0.1) is 11.8 Å². The van der Waals surface area contributed by atoms with Crippen LogP contribution in [-0.2, 0) is 4.74 Å². The van der Waals surface area contributed by atoms with Crippen molar-refractivity contribution in [2.24, 2.45) is 11.8 Å². The molecule has 0 saturated heterocycles. The van der Waals surface area contributed by atoms with E-state index in [-0.39, 0.29) is 0 Å². The van der Waals surface area contributed by atoms with E-state index < -0.39 is 0 Å². The smallest absolute Gasteiger partial charge is 0.0501 e. The minimum absolute atomic E-state index is 0.773. The summed E-state index contributed by atoms with van der Waals surface area (Å²) >= 11 is 3.48. The molecule has 0 aromatic heterocycles. The minimum Gasteiger partial charge on any atom is -0.384 e. The topological polar surface area (TPSA) is 9.23 Å². The number of alkyl halides is 1. The molecule has 2 heteroatoms. The molecule has 0 heterocycles. The number of ether oxygens (including phenoxy) is 1. The zero-order chi connectivity index (χ0) is 6.69. The van der Waals surface area contributed by atoms with Crippen molar-refractivity contribution in [1.29, 1.82) is 0 Å². The third-order valence-corrected chi connectivity index (χ3v) is 2.70. The van der Waals surface area contributed by atoms with Crippen molar-refractivity contribution in [2.45, 2.75) is 12.8 Å². The summed E-state index contributed by atoms with van der Waals surface area (Å²) in [4.78, 5) is 0. The molecule has 1 aliphatic rings. The van der Waals surface area contributed by atoms with E-state index in [1.807, 2.05) is 0 Å². The summed E-state index contributed by atoms with van der Waals surface area (Å²) in [7, 11) is 1.78. The second-order valence-electron chi connectivity index (χ2n) is 2.71. The van der Waals surface area contributed by atoms with Gasteiger partial charge in [-0.05, 0) is 24.7 Å². The van der Waals surface area contributed by atoms with Crippen molar-refractivity contribution in [2.75, 3.05) is 19.0 Å². The summed E-state index contributed by atoms with van der Waals surface area (Å²) < 4.78 is 5.07. The summed E-state index contributed by atoms with van der Waals surface area (Å²) in [6.07, 6.45) is 2.83. The minimum atomic E-state index is 0.773. The molecule has 1 fully saturated rings. The van der Waals surface area contributed by atoms with Gasteiger partial charge in [0.15, 0.2) is 0 Å². The normalized spacial score (nSPS) is 22.0.